The molecule has 0 unspecified atom stereocenters. The number of nitrogen functional groups attached to an aromatic ring is 1. The number of halogens is 1. The average Bonchev–Trinajstić information content (AvgIpc) is 2.82. The molecular formula is C17H13ClN2OS2. The predicted molar refractivity (Wildman–Crippen MR) is 95.5 cm³/mol. The number of ketones is 1. The predicted octanol–water partition coefficient (Wildman–Crippen LogP) is 3.71. The Kier molecular flexibility index (Phi) is 4.35. The zero-order chi connectivity index (χ0) is 16.6. The minimum Gasteiger partial charge on any atom is -0.421 e. The molecule has 0 bridgehead atoms. The Morgan fingerprint density at radius 3 is 2.61 bits per heavy atom. The number of hydrogen-bond donors (Lipinski definition) is 1. The van der Waals surface area contributed by atoms with Crippen molar-refractivity contribution >= 4 is 47.0 Å². The van der Waals surface area contributed by atoms with Crippen molar-refractivity contribution in [3.8, 4) is 5.69 Å². The van der Waals surface area contributed by atoms with Crippen LogP contribution < -0.4 is 10.3 Å². The highest BCUT2D eigenvalue weighted by atomic mass is 35.5. The molecule has 3 nitrogen and oxygen atoms in total. The third-order valence-corrected chi connectivity index (χ3v) is 5.09. The topological polar surface area (TPSA) is 47.0 Å². The van der Waals surface area contributed by atoms with Gasteiger partial charge in [-0.05, 0) is 41.5 Å². The van der Waals surface area contributed by atoms with E-state index in [9.17, 15) is 4.79 Å². The van der Waals surface area contributed by atoms with Gasteiger partial charge in [0.2, 0.25) is 5.69 Å². The van der Waals surface area contributed by atoms with E-state index in [-0.39, 0.29) is 5.78 Å². The van der Waals surface area contributed by atoms with Gasteiger partial charge in [-0.2, -0.15) is 4.57 Å². The summed E-state index contributed by atoms with van der Waals surface area (Å²) in [6.45, 7) is 1.99. The third-order valence-electron chi connectivity index (χ3n) is 3.41. The molecule has 0 amide bonds. The number of carbonyl (C=O) groups excluding carboxylic acids is 1. The van der Waals surface area contributed by atoms with E-state index in [0.29, 0.717) is 31.0 Å². The summed E-state index contributed by atoms with van der Waals surface area (Å²) in [5, 5.41) is 0.584. The molecule has 0 saturated heterocycles. The van der Waals surface area contributed by atoms with Gasteiger partial charge in [0, 0.05) is 27.1 Å². The maximum Gasteiger partial charge on any atom is 0.222 e. The number of anilines is 1. The molecule has 0 aliphatic heterocycles. The normalized spacial score (nSPS) is 10.7. The van der Waals surface area contributed by atoms with Gasteiger partial charge in [-0.25, -0.2) is 0 Å². The number of aryl methyl sites for hydroxylation is 1. The lowest BCUT2D eigenvalue weighted by atomic mass is 10.1. The molecule has 0 aliphatic rings. The molecule has 0 fully saturated rings. The lowest BCUT2D eigenvalue weighted by molar-refractivity contribution is -0.597. The number of nitrogens with zero attached hydrogens (tertiary/aromatic N) is 1. The molecule has 3 aromatic rings. The van der Waals surface area contributed by atoms with Crippen molar-refractivity contribution in [1.82, 2.24) is 0 Å². The number of benzene rings is 1. The second-order valence-electron chi connectivity index (χ2n) is 5.11. The number of thiophene rings is 1. The van der Waals surface area contributed by atoms with Crippen molar-refractivity contribution < 1.29 is 9.36 Å². The van der Waals surface area contributed by atoms with Crippen LogP contribution in [0.1, 0.15) is 20.8 Å². The van der Waals surface area contributed by atoms with Crippen LogP contribution in [0.2, 0.25) is 5.02 Å². The van der Waals surface area contributed by atoms with Gasteiger partial charge in [-0.15, -0.1) is 0 Å². The van der Waals surface area contributed by atoms with E-state index in [1.807, 2.05) is 36.0 Å². The molecule has 0 atom stereocenters. The van der Waals surface area contributed by atoms with Crippen LogP contribution in [-0.2, 0) is 12.6 Å². The summed E-state index contributed by atoms with van der Waals surface area (Å²) < 4.78 is 2.46. The van der Waals surface area contributed by atoms with E-state index in [2.05, 4.69) is 0 Å². The summed E-state index contributed by atoms with van der Waals surface area (Å²) in [6, 6.07) is 10.6. The second-order valence-corrected chi connectivity index (χ2v) is 7.23. The third kappa shape index (κ3) is 3.08. The highest BCUT2D eigenvalue weighted by Crippen LogP contribution is 2.33. The van der Waals surface area contributed by atoms with Crippen molar-refractivity contribution in [2.75, 3.05) is 5.73 Å². The van der Waals surface area contributed by atoms with Gasteiger partial charge in [-0.1, -0.05) is 11.6 Å². The van der Waals surface area contributed by atoms with Crippen LogP contribution in [-0.4, -0.2) is 5.78 Å². The van der Waals surface area contributed by atoms with Gasteiger partial charge in [-0.3, -0.25) is 4.79 Å². The molecule has 2 heterocycles. The minimum absolute atomic E-state index is 0.144. The first-order valence-corrected chi connectivity index (χ1v) is 8.45. The SMILES string of the molecule is Cc1ccc[n+](-c2c([S-])sc(C(=O)c3ccc(Cl)cc3)c2N)c1. The summed E-state index contributed by atoms with van der Waals surface area (Å²) in [7, 11) is 0. The van der Waals surface area contributed by atoms with Crippen LogP contribution in [0.4, 0.5) is 5.69 Å². The van der Waals surface area contributed by atoms with Gasteiger partial charge in [0.15, 0.2) is 18.2 Å². The van der Waals surface area contributed by atoms with Gasteiger partial charge < -0.3 is 29.7 Å². The summed E-state index contributed by atoms with van der Waals surface area (Å²) in [5.74, 6) is -0.144. The fourth-order valence-electron chi connectivity index (χ4n) is 2.29. The second kappa shape index (κ2) is 6.28. The van der Waals surface area contributed by atoms with E-state index in [0.717, 1.165) is 5.56 Å². The molecule has 0 spiro atoms. The number of hydrogen-bond acceptors (Lipinski definition) is 4. The molecular weight excluding hydrogens is 348 g/mol. The average molecular weight is 361 g/mol. The number of aromatic nitrogens is 1. The molecule has 1 aromatic carbocycles. The molecule has 0 radical (unpaired) electrons. The van der Waals surface area contributed by atoms with Crippen LogP contribution in [0.3, 0.4) is 0 Å². The van der Waals surface area contributed by atoms with Crippen molar-refractivity contribution in [3.63, 3.8) is 0 Å². The Balaban J connectivity index is 2.07. The van der Waals surface area contributed by atoms with E-state index in [4.69, 9.17) is 30.0 Å². The maximum atomic E-state index is 12.7. The fourth-order valence-corrected chi connectivity index (χ4v) is 3.80. The summed E-state index contributed by atoms with van der Waals surface area (Å²) in [5.41, 5.74) is 8.95. The van der Waals surface area contributed by atoms with Crippen molar-refractivity contribution in [2.24, 2.45) is 0 Å². The van der Waals surface area contributed by atoms with Crippen molar-refractivity contribution in [1.29, 1.82) is 0 Å². The monoisotopic (exact) mass is 360 g/mol. The first-order chi connectivity index (χ1) is 11.0. The molecule has 0 aliphatic carbocycles. The number of rotatable bonds is 3. The van der Waals surface area contributed by atoms with Crippen LogP contribution in [0.15, 0.2) is 53.0 Å². The van der Waals surface area contributed by atoms with Gasteiger partial charge >= 0.3 is 0 Å². The molecule has 0 saturated carbocycles. The zero-order valence-electron chi connectivity index (χ0n) is 12.2. The van der Waals surface area contributed by atoms with Crippen LogP contribution in [0.5, 0.6) is 0 Å². The Labute approximate surface area is 148 Å². The highest BCUT2D eigenvalue weighted by molar-refractivity contribution is 7.63. The lowest BCUT2D eigenvalue weighted by Crippen LogP contribution is -2.31. The molecule has 3 rings (SSSR count). The van der Waals surface area contributed by atoms with E-state index < -0.39 is 0 Å². The quantitative estimate of drug-likeness (QED) is 0.440. The fraction of sp³-hybridized carbons (Fsp3) is 0.0588. The molecule has 23 heavy (non-hydrogen) atoms. The summed E-state index contributed by atoms with van der Waals surface area (Å²) in [4.78, 5) is 13.1. The molecule has 2 N–H and O–H groups in total. The molecule has 2 aromatic heterocycles. The zero-order valence-corrected chi connectivity index (χ0v) is 14.6. The summed E-state index contributed by atoms with van der Waals surface area (Å²) in [6.07, 6.45) is 3.81. The van der Waals surface area contributed by atoms with Gasteiger partial charge in [0.25, 0.3) is 0 Å². The maximum absolute atomic E-state index is 12.7. The Bertz CT molecular complexity index is 888. The number of nitrogens with two attached hydrogens (primary N) is 1. The van der Waals surface area contributed by atoms with Crippen LogP contribution >= 0.6 is 22.9 Å². The van der Waals surface area contributed by atoms with Crippen LogP contribution in [0, 0.1) is 6.92 Å². The highest BCUT2D eigenvalue weighted by Gasteiger charge is 2.20. The van der Waals surface area contributed by atoms with E-state index >= 15 is 0 Å². The standard InChI is InChI=1S/C17H13ClN2OS2/c1-10-3-2-8-20(9-10)14-13(19)16(23-17(14)22)15(21)11-4-6-12(18)7-5-11/h2-9H,1H3,(H2-,19,21,22). The summed E-state index contributed by atoms with van der Waals surface area (Å²) >= 11 is 12.5. The smallest absolute Gasteiger partial charge is 0.222 e. The molecule has 6 heteroatoms. The van der Waals surface area contributed by atoms with Gasteiger partial charge in [0.1, 0.15) is 5.69 Å². The van der Waals surface area contributed by atoms with Crippen molar-refractivity contribution in [2.45, 2.75) is 11.1 Å². The van der Waals surface area contributed by atoms with Gasteiger partial charge in [0.05, 0.1) is 0 Å². The largest absolute Gasteiger partial charge is 0.421 e. The Morgan fingerprint density at radius 1 is 1.26 bits per heavy atom. The Morgan fingerprint density at radius 2 is 1.96 bits per heavy atom. The van der Waals surface area contributed by atoms with Crippen LogP contribution in [0.25, 0.3) is 5.69 Å². The number of pyridine rings is 1. The van der Waals surface area contributed by atoms with E-state index in [1.54, 1.807) is 24.3 Å². The van der Waals surface area contributed by atoms with E-state index in [1.165, 1.54) is 11.3 Å². The first-order valence-electron chi connectivity index (χ1n) is 6.85. The number of carbonyl (C=O) groups is 1. The Hall–Kier alpha value is -1.95. The van der Waals surface area contributed by atoms with Crippen molar-refractivity contribution in [3.05, 3.63) is 69.8 Å². The molecule has 116 valence electrons. The first kappa shape index (κ1) is 15.9. The lowest BCUT2D eigenvalue weighted by Gasteiger charge is -2.03. The minimum atomic E-state index is -0.144.